The molecule has 0 saturated carbocycles. The Labute approximate surface area is 84.1 Å². The number of aryl methyl sites for hydroxylation is 1. The number of hydrogen-bond donors (Lipinski definition) is 0. The van der Waals surface area contributed by atoms with Crippen LogP contribution < -0.4 is 0 Å². The second-order valence-corrected chi connectivity index (χ2v) is 4.27. The Bertz CT molecular complexity index is 247. The summed E-state index contributed by atoms with van der Waals surface area (Å²) in [6, 6.07) is 2.18. The van der Waals surface area contributed by atoms with Gasteiger partial charge in [0.2, 0.25) is 0 Å². The van der Waals surface area contributed by atoms with Gasteiger partial charge in [0.05, 0.1) is 6.73 Å². The van der Waals surface area contributed by atoms with Crippen molar-refractivity contribution in [1.82, 2.24) is 4.90 Å². The zero-order valence-corrected chi connectivity index (χ0v) is 9.36. The fourth-order valence-corrected chi connectivity index (χ4v) is 2.14. The molecule has 0 saturated heterocycles. The summed E-state index contributed by atoms with van der Waals surface area (Å²) in [5.41, 5.74) is 1.41. The van der Waals surface area contributed by atoms with Gasteiger partial charge < -0.3 is 4.74 Å². The molecule has 0 bridgehead atoms. The molecule has 0 N–H and O–H groups in total. The average Bonchev–Trinajstić information content (AvgIpc) is 2.48. The molecule has 3 heteroatoms. The van der Waals surface area contributed by atoms with Gasteiger partial charge in [-0.3, -0.25) is 4.90 Å². The van der Waals surface area contributed by atoms with Crippen molar-refractivity contribution >= 4 is 11.3 Å². The zero-order chi connectivity index (χ0) is 9.68. The summed E-state index contributed by atoms with van der Waals surface area (Å²) >= 11 is 1.84. The van der Waals surface area contributed by atoms with E-state index in [9.17, 15) is 0 Å². The van der Waals surface area contributed by atoms with Crippen molar-refractivity contribution in [3.05, 3.63) is 21.9 Å². The molecule has 0 atom stereocenters. The van der Waals surface area contributed by atoms with E-state index in [0.717, 1.165) is 13.0 Å². The monoisotopic (exact) mass is 199 g/mol. The molecule has 0 amide bonds. The average molecular weight is 199 g/mol. The molecule has 0 aliphatic carbocycles. The van der Waals surface area contributed by atoms with Crippen molar-refractivity contribution < 1.29 is 4.74 Å². The van der Waals surface area contributed by atoms with Gasteiger partial charge in [0, 0.05) is 18.5 Å². The summed E-state index contributed by atoms with van der Waals surface area (Å²) < 4.78 is 5.03. The minimum absolute atomic E-state index is 0.713. The van der Waals surface area contributed by atoms with Crippen LogP contribution in [0, 0.1) is 6.92 Å². The molecule has 0 aliphatic heterocycles. The molecule has 74 valence electrons. The van der Waals surface area contributed by atoms with Crippen molar-refractivity contribution in [1.29, 1.82) is 0 Å². The molecule has 0 fully saturated rings. The Balaban J connectivity index is 2.30. The van der Waals surface area contributed by atoms with Gasteiger partial charge in [0.15, 0.2) is 0 Å². The molecule has 0 aromatic carbocycles. The molecule has 0 radical (unpaired) electrons. The molecule has 2 nitrogen and oxygen atoms in total. The fourth-order valence-electron chi connectivity index (χ4n) is 1.24. The third kappa shape index (κ3) is 3.46. The molecule has 1 aromatic heterocycles. The lowest BCUT2D eigenvalue weighted by Gasteiger charge is -2.14. The first kappa shape index (κ1) is 10.7. The summed E-state index contributed by atoms with van der Waals surface area (Å²) in [7, 11) is 3.80. The van der Waals surface area contributed by atoms with E-state index in [1.807, 2.05) is 11.3 Å². The Morgan fingerprint density at radius 1 is 1.54 bits per heavy atom. The quantitative estimate of drug-likeness (QED) is 0.674. The van der Waals surface area contributed by atoms with E-state index in [0.29, 0.717) is 6.73 Å². The smallest absolute Gasteiger partial charge is 0.0984 e. The first-order valence-corrected chi connectivity index (χ1v) is 5.32. The minimum atomic E-state index is 0.713. The lowest BCUT2D eigenvalue weighted by Crippen LogP contribution is -2.23. The highest BCUT2D eigenvalue weighted by molar-refractivity contribution is 7.10. The normalized spacial score (nSPS) is 11.1. The molecular weight excluding hydrogens is 182 g/mol. The lowest BCUT2D eigenvalue weighted by atomic mass is 10.2. The maximum Gasteiger partial charge on any atom is 0.0984 e. The van der Waals surface area contributed by atoms with Gasteiger partial charge in [0.1, 0.15) is 0 Å². The molecule has 1 rings (SSSR count). The van der Waals surface area contributed by atoms with E-state index >= 15 is 0 Å². The van der Waals surface area contributed by atoms with Crippen LogP contribution in [0.1, 0.15) is 10.4 Å². The first-order valence-electron chi connectivity index (χ1n) is 4.44. The van der Waals surface area contributed by atoms with Crippen LogP contribution in [0.5, 0.6) is 0 Å². The summed E-state index contributed by atoms with van der Waals surface area (Å²) in [6.45, 7) is 3.95. The van der Waals surface area contributed by atoms with Crippen LogP contribution in [0.3, 0.4) is 0 Å². The van der Waals surface area contributed by atoms with Crippen molar-refractivity contribution in [2.75, 3.05) is 27.4 Å². The van der Waals surface area contributed by atoms with Crippen molar-refractivity contribution in [2.45, 2.75) is 13.3 Å². The summed E-state index contributed by atoms with van der Waals surface area (Å²) in [6.07, 6.45) is 1.13. The zero-order valence-electron chi connectivity index (χ0n) is 8.54. The van der Waals surface area contributed by atoms with E-state index in [2.05, 4.69) is 30.3 Å². The highest BCUT2D eigenvalue weighted by atomic mass is 32.1. The number of methoxy groups -OCH3 is 1. The lowest BCUT2D eigenvalue weighted by molar-refractivity contribution is 0.0828. The minimum Gasteiger partial charge on any atom is -0.369 e. The van der Waals surface area contributed by atoms with Gasteiger partial charge in [-0.25, -0.2) is 0 Å². The van der Waals surface area contributed by atoms with E-state index in [-0.39, 0.29) is 0 Å². The number of nitrogens with zero attached hydrogens (tertiary/aromatic N) is 1. The summed E-state index contributed by atoms with van der Waals surface area (Å²) in [5, 5.41) is 2.15. The molecule has 13 heavy (non-hydrogen) atoms. The topological polar surface area (TPSA) is 12.5 Å². The highest BCUT2D eigenvalue weighted by Gasteiger charge is 2.01. The van der Waals surface area contributed by atoms with Crippen LogP contribution in [0.15, 0.2) is 11.4 Å². The first-order chi connectivity index (χ1) is 6.24. The van der Waals surface area contributed by atoms with Crippen LogP contribution in [0.2, 0.25) is 0 Å². The Hall–Kier alpha value is -0.380. The third-order valence-corrected chi connectivity index (χ3v) is 3.12. The SMILES string of the molecule is COCN(C)CCc1sccc1C. The van der Waals surface area contributed by atoms with Crippen molar-refractivity contribution in [3.8, 4) is 0 Å². The number of ether oxygens (including phenoxy) is 1. The van der Waals surface area contributed by atoms with Gasteiger partial charge in [-0.05, 0) is 37.4 Å². The Morgan fingerprint density at radius 3 is 2.85 bits per heavy atom. The maximum atomic E-state index is 5.03. The van der Waals surface area contributed by atoms with Crippen molar-refractivity contribution in [3.63, 3.8) is 0 Å². The summed E-state index contributed by atoms with van der Waals surface area (Å²) in [5.74, 6) is 0. The molecule has 0 unspecified atom stereocenters. The fraction of sp³-hybridized carbons (Fsp3) is 0.600. The van der Waals surface area contributed by atoms with E-state index < -0.39 is 0 Å². The second-order valence-electron chi connectivity index (χ2n) is 3.27. The van der Waals surface area contributed by atoms with Gasteiger partial charge in [-0.1, -0.05) is 0 Å². The molecule has 1 heterocycles. The van der Waals surface area contributed by atoms with E-state index in [1.165, 1.54) is 10.4 Å². The van der Waals surface area contributed by atoms with Crippen LogP contribution in [-0.2, 0) is 11.2 Å². The standard InChI is InChI=1S/C10H17NOS/c1-9-5-7-13-10(9)4-6-11(2)8-12-3/h5,7H,4,6,8H2,1-3H3. The number of hydrogen-bond acceptors (Lipinski definition) is 3. The number of rotatable bonds is 5. The molecule has 0 aliphatic rings. The highest BCUT2D eigenvalue weighted by Crippen LogP contribution is 2.15. The Kier molecular flexibility index (Phi) is 4.42. The number of thiophene rings is 1. The Morgan fingerprint density at radius 2 is 2.31 bits per heavy atom. The third-order valence-electron chi connectivity index (χ3n) is 2.04. The molecule has 0 spiro atoms. The van der Waals surface area contributed by atoms with E-state index in [1.54, 1.807) is 7.11 Å². The van der Waals surface area contributed by atoms with E-state index in [4.69, 9.17) is 4.74 Å². The molecular formula is C10H17NOS. The van der Waals surface area contributed by atoms with Crippen molar-refractivity contribution in [2.24, 2.45) is 0 Å². The van der Waals surface area contributed by atoms with Gasteiger partial charge >= 0.3 is 0 Å². The molecule has 1 aromatic rings. The predicted molar refractivity (Wildman–Crippen MR) is 57.3 cm³/mol. The largest absolute Gasteiger partial charge is 0.369 e. The van der Waals surface area contributed by atoms with Crippen LogP contribution in [0.4, 0.5) is 0 Å². The predicted octanol–water partition coefficient (Wildman–Crippen LogP) is 2.13. The van der Waals surface area contributed by atoms with Gasteiger partial charge in [-0.15, -0.1) is 11.3 Å². The summed E-state index contributed by atoms with van der Waals surface area (Å²) in [4.78, 5) is 3.67. The van der Waals surface area contributed by atoms with Crippen LogP contribution >= 0.6 is 11.3 Å². The number of likely N-dealkylation sites (N-methyl/N-ethyl adjacent to an activating group) is 1. The maximum absolute atomic E-state index is 5.03. The van der Waals surface area contributed by atoms with Crippen LogP contribution in [0.25, 0.3) is 0 Å². The van der Waals surface area contributed by atoms with Gasteiger partial charge in [0.25, 0.3) is 0 Å². The second kappa shape index (κ2) is 5.37. The van der Waals surface area contributed by atoms with Gasteiger partial charge in [-0.2, -0.15) is 0 Å². The van der Waals surface area contributed by atoms with Crippen LogP contribution in [-0.4, -0.2) is 32.3 Å².